The summed E-state index contributed by atoms with van der Waals surface area (Å²) < 4.78 is 0. The predicted octanol–water partition coefficient (Wildman–Crippen LogP) is 4.37. The summed E-state index contributed by atoms with van der Waals surface area (Å²) in [5.74, 6) is 0. The second kappa shape index (κ2) is 4.27. The van der Waals surface area contributed by atoms with Crippen LogP contribution in [-0.4, -0.2) is 0 Å². The first kappa shape index (κ1) is 10.6. The first-order valence-electron chi connectivity index (χ1n) is 5.22. The third-order valence-corrected chi connectivity index (χ3v) is 2.75. The van der Waals surface area contributed by atoms with E-state index in [1.165, 1.54) is 11.1 Å². The predicted molar refractivity (Wildman–Crippen MR) is 66.8 cm³/mol. The largest absolute Gasteiger partial charge is 0.145 e. The molecule has 2 aromatic carbocycles. The highest BCUT2D eigenvalue weighted by molar-refractivity contribution is 5.70. The third-order valence-electron chi connectivity index (χ3n) is 2.75. The number of nitrogens with zero attached hydrogens (tertiary/aromatic N) is 1. The Balaban J connectivity index is 2.54. The average Bonchev–Trinajstić information content (AvgIpc) is 2.29. The van der Waals surface area contributed by atoms with E-state index >= 15 is 0 Å². The van der Waals surface area contributed by atoms with Crippen molar-refractivity contribution in [2.75, 3.05) is 0 Å². The molecular formula is C14H13NO. The van der Waals surface area contributed by atoms with E-state index < -0.39 is 0 Å². The van der Waals surface area contributed by atoms with Crippen LogP contribution < -0.4 is 0 Å². The Morgan fingerprint density at radius 1 is 0.938 bits per heavy atom. The van der Waals surface area contributed by atoms with E-state index in [-0.39, 0.29) is 0 Å². The van der Waals surface area contributed by atoms with Crippen molar-refractivity contribution in [3.8, 4) is 11.1 Å². The molecule has 16 heavy (non-hydrogen) atoms. The molecule has 0 saturated heterocycles. The van der Waals surface area contributed by atoms with Crippen LogP contribution in [0.3, 0.4) is 0 Å². The van der Waals surface area contributed by atoms with Crippen molar-refractivity contribution in [1.82, 2.24) is 0 Å². The van der Waals surface area contributed by atoms with Gasteiger partial charge in [0, 0.05) is 0 Å². The molecule has 0 amide bonds. The zero-order chi connectivity index (χ0) is 11.5. The van der Waals surface area contributed by atoms with Gasteiger partial charge in [-0.3, -0.25) is 0 Å². The lowest BCUT2D eigenvalue weighted by molar-refractivity contribution is 1.37. The normalized spacial score (nSPS) is 10.1. The van der Waals surface area contributed by atoms with Gasteiger partial charge in [0.1, 0.15) is 5.69 Å². The molecule has 2 heteroatoms. The number of nitroso groups, excluding NO2 is 1. The molecule has 2 rings (SSSR count). The fraction of sp³-hybridized carbons (Fsp3) is 0.143. The number of rotatable bonds is 2. The van der Waals surface area contributed by atoms with Crippen LogP contribution in [0.15, 0.2) is 47.6 Å². The summed E-state index contributed by atoms with van der Waals surface area (Å²) in [7, 11) is 0. The minimum Gasteiger partial charge on any atom is -0.145 e. The molecule has 0 spiro atoms. The number of hydrogen-bond donors (Lipinski definition) is 0. The van der Waals surface area contributed by atoms with E-state index in [2.05, 4.69) is 24.2 Å². The molecule has 0 aliphatic carbocycles. The quantitative estimate of drug-likeness (QED) is 0.678. The van der Waals surface area contributed by atoms with Crippen LogP contribution in [-0.2, 0) is 0 Å². The van der Waals surface area contributed by atoms with Gasteiger partial charge in [-0.15, -0.1) is 4.91 Å². The summed E-state index contributed by atoms with van der Waals surface area (Å²) in [4.78, 5) is 10.5. The molecule has 0 bridgehead atoms. The molecule has 0 saturated carbocycles. The van der Waals surface area contributed by atoms with E-state index in [0.717, 1.165) is 11.1 Å². The van der Waals surface area contributed by atoms with Gasteiger partial charge < -0.3 is 0 Å². The van der Waals surface area contributed by atoms with Gasteiger partial charge in [0.05, 0.1) is 0 Å². The van der Waals surface area contributed by atoms with Crippen molar-refractivity contribution in [1.29, 1.82) is 0 Å². The molecule has 0 N–H and O–H groups in total. The van der Waals surface area contributed by atoms with Crippen LogP contribution in [0.25, 0.3) is 11.1 Å². The molecule has 0 aliphatic rings. The van der Waals surface area contributed by atoms with Crippen LogP contribution in [0.4, 0.5) is 5.69 Å². The zero-order valence-corrected chi connectivity index (χ0v) is 9.40. The molecule has 0 heterocycles. The Bertz CT molecular complexity index is 532. The lowest BCUT2D eigenvalue weighted by Crippen LogP contribution is -1.83. The average molecular weight is 211 g/mol. The maximum atomic E-state index is 10.5. The van der Waals surface area contributed by atoms with Crippen LogP contribution >= 0.6 is 0 Å². The topological polar surface area (TPSA) is 29.4 Å². The van der Waals surface area contributed by atoms with E-state index in [1.54, 1.807) is 6.07 Å². The Hall–Kier alpha value is -1.96. The molecule has 0 atom stereocenters. The van der Waals surface area contributed by atoms with Crippen molar-refractivity contribution in [2.24, 2.45) is 5.18 Å². The van der Waals surface area contributed by atoms with Gasteiger partial charge >= 0.3 is 0 Å². The van der Waals surface area contributed by atoms with Gasteiger partial charge in [-0.2, -0.15) is 0 Å². The molecule has 0 unspecified atom stereocenters. The standard InChI is InChI=1S/C14H13NO/c1-10-5-3-4-6-13(10)12-7-8-14(15-16)11(2)9-12/h3-9H,1-2H3. The van der Waals surface area contributed by atoms with Crippen molar-refractivity contribution < 1.29 is 0 Å². The van der Waals surface area contributed by atoms with Crippen molar-refractivity contribution >= 4 is 5.69 Å². The van der Waals surface area contributed by atoms with Gasteiger partial charge in [0.25, 0.3) is 0 Å². The number of benzene rings is 2. The first-order chi connectivity index (χ1) is 7.72. The van der Waals surface area contributed by atoms with E-state index in [9.17, 15) is 4.91 Å². The van der Waals surface area contributed by atoms with E-state index in [0.29, 0.717) is 5.69 Å². The number of hydrogen-bond acceptors (Lipinski definition) is 2. The van der Waals surface area contributed by atoms with E-state index in [1.807, 2.05) is 31.2 Å². The highest BCUT2D eigenvalue weighted by Crippen LogP contribution is 2.28. The fourth-order valence-electron chi connectivity index (χ4n) is 1.82. The van der Waals surface area contributed by atoms with Gasteiger partial charge in [-0.25, -0.2) is 0 Å². The monoisotopic (exact) mass is 211 g/mol. The minimum atomic E-state index is 0.511. The van der Waals surface area contributed by atoms with Crippen LogP contribution in [0.2, 0.25) is 0 Å². The summed E-state index contributed by atoms with van der Waals surface area (Å²) in [5.41, 5.74) is 4.98. The lowest BCUT2D eigenvalue weighted by Gasteiger charge is -2.07. The maximum Gasteiger partial charge on any atom is 0.110 e. The molecule has 0 fully saturated rings. The molecule has 80 valence electrons. The van der Waals surface area contributed by atoms with E-state index in [4.69, 9.17) is 0 Å². The maximum absolute atomic E-state index is 10.5. The summed E-state index contributed by atoms with van der Waals surface area (Å²) in [6.07, 6.45) is 0. The molecule has 0 aromatic heterocycles. The van der Waals surface area contributed by atoms with Gasteiger partial charge in [-0.1, -0.05) is 30.3 Å². The molecular weight excluding hydrogens is 198 g/mol. The Kier molecular flexibility index (Phi) is 2.82. The Labute approximate surface area is 94.9 Å². The van der Waals surface area contributed by atoms with Crippen LogP contribution in [0.1, 0.15) is 11.1 Å². The van der Waals surface area contributed by atoms with Gasteiger partial charge in [-0.05, 0) is 53.4 Å². The molecule has 2 aromatic rings. The molecule has 0 aliphatic heterocycles. The molecule has 2 nitrogen and oxygen atoms in total. The van der Waals surface area contributed by atoms with Gasteiger partial charge in [0.2, 0.25) is 0 Å². The van der Waals surface area contributed by atoms with Gasteiger partial charge in [0.15, 0.2) is 0 Å². The zero-order valence-electron chi connectivity index (χ0n) is 9.40. The molecule has 0 radical (unpaired) electrons. The highest BCUT2D eigenvalue weighted by atomic mass is 16.3. The first-order valence-corrected chi connectivity index (χ1v) is 5.22. The summed E-state index contributed by atoms with van der Waals surface area (Å²) >= 11 is 0. The second-order valence-corrected chi connectivity index (χ2v) is 3.91. The Morgan fingerprint density at radius 2 is 1.69 bits per heavy atom. The summed E-state index contributed by atoms with van der Waals surface area (Å²) in [6, 6.07) is 13.9. The summed E-state index contributed by atoms with van der Waals surface area (Å²) in [5, 5.41) is 2.98. The smallest absolute Gasteiger partial charge is 0.110 e. The SMILES string of the molecule is Cc1cc(-c2ccccc2C)ccc1N=O. The lowest BCUT2D eigenvalue weighted by atomic mass is 9.99. The van der Waals surface area contributed by atoms with Crippen molar-refractivity contribution in [2.45, 2.75) is 13.8 Å². The van der Waals surface area contributed by atoms with Crippen LogP contribution in [0, 0.1) is 18.8 Å². The van der Waals surface area contributed by atoms with Crippen molar-refractivity contribution in [3.05, 3.63) is 58.5 Å². The number of aryl methyl sites for hydroxylation is 2. The van der Waals surface area contributed by atoms with Crippen LogP contribution in [0.5, 0.6) is 0 Å². The second-order valence-electron chi connectivity index (χ2n) is 3.91. The Morgan fingerprint density at radius 3 is 2.31 bits per heavy atom. The highest BCUT2D eigenvalue weighted by Gasteiger charge is 2.04. The third kappa shape index (κ3) is 1.87. The van der Waals surface area contributed by atoms with Crippen molar-refractivity contribution in [3.63, 3.8) is 0 Å². The fourth-order valence-corrected chi connectivity index (χ4v) is 1.82. The minimum absolute atomic E-state index is 0.511. The summed E-state index contributed by atoms with van der Waals surface area (Å²) in [6.45, 7) is 3.98.